The molecule has 0 aliphatic heterocycles. The van der Waals surface area contributed by atoms with Crippen molar-refractivity contribution >= 4 is 11.3 Å². The fourth-order valence-electron chi connectivity index (χ4n) is 1.98. The van der Waals surface area contributed by atoms with E-state index in [1.165, 1.54) is 11.3 Å². The van der Waals surface area contributed by atoms with Crippen LogP contribution in [-0.4, -0.2) is 9.97 Å². The molecule has 0 unspecified atom stereocenters. The number of thiophene rings is 1. The molecule has 96 valence electrons. The van der Waals surface area contributed by atoms with E-state index in [-0.39, 0.29) is 11.1 Å². The molecule has 0 aliphatic rings. The van der Waals surface area contributed by atoms with Crippen molar-refractivity contribution in [3.05, 3.63) is 64.0 Å². The number of hydrogen-bond donors (Lipinski definition) is 1. The Labute approximate surface area is 119 Å². The summed E-state index contributed by atoms with van der Waals surface area (Å²) in [5.74, 6) is 0. The van der Waals surface area contributed by atoms with Gasteiger partial charge >= 0.3 is 0 Å². The number of hydrogen-bond acceptors (Lipinski definition) is 4. The van der Waals surface area contributed by atoms with Gasteiger partial charge in [0.25, 0.3) is 5.56 Å². The predicted octanol–water partition coefficient (Wildman–Crippen LogP) is 3.04. The molecule has 3 aromatic heterocycles. The summed E-state index contributed by atoms with van der Waals surface area (Å²) >= 11 is 1.50. The molecule has 0 atom stereocenters. The first-order valence-electron chi connectivity index (χ1n) is 5.91. The Morgan fingerprint density at radius 3 is 2.70 bits per heavy atom. The summed E-state index contributed by atoms with van der Waals surface area (Å²) in [6.07, 6.45) is 3.33. The SMILES string of the molecule is N#Cc1c(-c2cccs2)cc(-c2ccncc2)[nH]c1=O. The highest BCUT2D eigenvalue weighted by Crippen LogP contribution is 2.29. The minimum absolute atomic E-state index is 0.144. The molecule has 0 aromatic carbocycles. The quantitative estimate of drug-likeness (QED) is 0.783. The zero-order valence-corrected chi connectivity index (χ0v) is 11.1. The van der Waals surface area contributed by atoms with Crippen LogP contribution in [0, 0.1) is 11.3 Å². The maximum Gasteiger partial charge on any atom is 0.267 e. The van der Waals surface area contributed by atoms with E-state index in [0.29, 0.717) is 11.3 Å². The Kier molecular flexibility index (Phi) is 3.15. The van der Waals surface area contributed by atoms with Gasteiger partial charge in [-0.2, -0.15) is 5.26 Å². The van der Waals surface area contributed by atoms with Crippen LogP contribution in [0.4, 0.5) is 0 Å². The molecule has 1 N–H and O–H groups in total. The van der Waals surface area contributed by atoms with E-state index >= 15 is 0 Å². The molecule has 0 saturated carbocycles. The van der Waals surface area contributed by atoms with Crippen molar-refractivity contribution in [3.63, 3.8) is 0 Å². The maximum atomic E-state index is 12.1. The minimum Gasteiger partial charge on any atom is -0.321 e. The normalized spacial score (nSPS) is 10.2. The van der Waals surface area contributed by atoms with Crippen LogP contribution < -0.4 is 5.56 Å². The second-order valence-electron chi connectivity index (χ2n) is 4.13. The molecule has 0 radical (unpaired) electrons. The lowest BCUT2D eigenvalue weighted by atomic mass is 10.1. The topological polar surface area (TPSA) is 69.5 Å². The lowest BCUT2D eigenvalue weighted by Crippen LogP contribution is -2.12. The predicted molar refractivity (Wildman–Crippen MR) is 78.3 cm³/mol. The average Bonchev–Trinajstić information content (AvgIpc) is 3.01. The summed E-state index contributed by atoms with van der Waals surface area (Å²) in [6.45, 7) is 0. The Bertz CT molecular complexity index is 830. The Morgan fingerprint density at radius 2 is 2.05 bits per heavy atom. The van der Waals surface area contributed by atoms with Gasteiger partial charge in [0.15, 0.2) is 0 Å². The monoisotopic (exact) mass is 279 g/mol. The molecule has 0 bridgehead atoms. The van der Waals surface area contributed by atoms with Crippen LogP contribution in [-0.2, 0) is 0 Å². The van der Waals surface area contributed by atoms with Crippen molar-refractivity contribution < 1.29 is 0 Å². The molecule has 0 saturated heterocycles. The van der Waals surface area contributed by atoms with Crippen LogP contribution in [0.3, 0.4) is 0 Å². The van der Waals surface area contributed by atoms with Gasteiger partial charge < -0.3 is 4.98 Å². The van der Waals surface area contributed by atoms with Gasteiger partial charge in [-0.3, -0.25) is 9.78 Å². The first-order valence-corrected chi connectivity index (χ1v) is 6.79. The summed E-state index contributed by atoms with van der Waals surface area (Å²) in [7, 11) is 0. The van der Waals surface area contributed by atoms with Crippen LogP contribution in [0.15, 0.2) is 52.9 Å². The summed E-state index contributed by atoms with van der Waals surface area (Å²) in [5, 5.41) is 11.1. The van der Waals surface area contributed by atoms with Crippen molar-refractivity contribution in [3.8, 4) is 27.8 Å². The number of aromatic amines is 1. The molecular weight excluding hydrogens is 270 g/mol. The van der Waals surface area contributed by atoms with Crippen LogP contribution in [0.25, 0.3) is 21.7 Å². The van der Waals surface area contributed by atoms with E-state index in [1.54, 1.807) is 12.4 Å². The number of nitrogens with one attached hydrogen (secondary N) is 1. The molecular formula is C15H9N3OS. The van der Waals surface area contributed by atoms with Gasteiger partial charge in [0, 0.05) is 34.1 Å². The number of rotatable bonds is 2. The third kappa shape index (κ3) is 2.13. The number of nitrogens with zero attached hydrogens (tertiary/aromatic N) is 2. The van der Waals surface area contributed by atoms with Gasteiger partial charge in [0.1, 0.15) is 11.6 Å². The van der Waals surface area contributed by atoms with Crippen molar-refractivity contribution in [2.75, 3.05) is 0 Å². The van der Waals surface area contributed by atoms with Gasteiger partial charge in [-0.25, -0.2) is 0 Å². The Morgan fingerprint density at radius 1 is 1.25 bits per heavy atom. The molecule has 4 nitrogen and oxygen atoms in total. The fraction of sp³-hybridized carbons (Fsp3) is 0. The van der Waals surface area contributed by atoms with E-state index in [0.717, 1.165) is 10.4 Å². The zero-order valence-electron chi connectivity index (χ0n) is 10.3. The van der Waals surface area contributed by atoms with E-state index in [9.17, 15) is 10.1 Å². The van der Waals surface area contributed by atoms with Crippen LogP contribution >= 0.6 is 11.3 Å². The fourth-order valence-corrected chi connectivity index (χ4v) is 2.73. The highest BCUT2D eigenvalue weighted by Gasteiger charge is 2.12. The molecule has 3 aromatic rings. The van der Waals surface area contributed by atoms with Crippen LogP contribution in [0.1, 0.15) is 5.56 Å². The van der Waals surface area contributed by atoms with E-state index < -0.39 is 0 Å². The minimum atomic E-state index is -0.370. The van der Waals surface area contributed by atoms with Crippen molar-refractivity contribution in [2.45, 2.75) is 0 Å². The number of nitriles is 1. The maximum absolute atomic E-state index is 12.1. The van der Waals surface area contributed by atoms with Gasteiger partial charge in [0.05, 0.1) is 0 Å². The molecule has 0 aliphatic carbocycles. The molecule has 20 heavy (non-hydrogen) atoms. The summed E-state index contributed by atoms with van der Waals surface area (Å²) < 4.78 is 0. The van der Waals surface area contributed by atoms with Crippen LogP contribution in [0.5, 0.6) is 0 Å². The smallest absolute Gasteiger partial charge is 0.267 e. The first kappa shape index (κ1) is 12.3. The Balaban J connectivity index is 2.27. The number of H-pyrrole nitrogens is 1. The van der Waals surface area contributed by atoms with Crippen molar-refractivity contribution in [1.82, 2.24) is 9.97 Å². The van der Waals surface area contributed by atoms with E-state index in [1.807, 2.05) is 41.8 Å². The summed E-state index contributed by atoms with van der Waals surface area (Å²) in [6, 6.07) is 11.2. The van der Waals surface area contributed by atoms with Gasteiger partial charge in [-0.05, 0) is 29.6 Å². The summed E-state index contributed by atoms with van der Waals surface area (Å²) in [5.41, 5.74) is 1.98. The molecule has 3 rings (SSSR count). The zero-order chi connectivity index (χ0) is 13.9. The lowest BCUT2D eigenvalue weighted by Gasteiger charge is -2.06. The third-order valence-electron chi connectivity index (χ3n) is 2.92. The largest absolute Gasteiger partial charge is 0.321 e. The van der Waals surface area contributed by atoms with Crippen molar-refractivity contribution in [1.29, 1.82) is 5.26 Å². The Hall–Kier alpha value is -2.71. The van der Waals surface area contributed by atoms with Crippen molar-refractivity contribution in [2.24, 2.45) is 0 Å². The summed E-state index contributed by atoms with van der Waals surface area (Å²) in [4.78, 5) is 19.7. The van der Waals surface area contributed by atoms with Gasteiger partial charge in [-0.15, -0.1) is 11.3 Å². The molecule has 0 fully saturated rings. The van der Waals surface area contributed by atoms with Gasteiger partial charge in [0.2, 0.25) is 0 Å². The van der Waals surface area contributed by atoms with E-state index in [2.05, 4.69) is 9.97 Å². The highest BCUT2D eigenvalue weighted by molar-refractivity contribution is 7.13. The second kappa shape index (κ2) is 5.11. The van der Waals surface area contributed by atoms with Gasteiger partial charge in [-0.1, -0.05) is 6.07 Å². The molecule has 3 heterocycles. The average molecular weight is 279 g/mol. The third-order valence-corrected chi connectivity index (χ3v) is 3.83. The van der Waals surface area contributed by atoms with Crippen LogP contribution in [0.2, 0.25) is 0 Å². The lowest BCUT2D eigenvalue weighted by molar-refractivity contribution is 1.21. The first-order chi connectivity index (χ1) is 9.79. The molecule has 0 amide bonds. The molecule has 5 heteroatoms. The number of aromatic nitrogens is 2. The molecule has 0 spiro atoms. The second-order valence-corrected chi connectivity index (χ2v) is 5.07. The highest BCUT2D eigenvalue weighted by atomic mass is 32.1. The number of pyridine rings is 2. The van der Waals surface area contributed by atoms with E-state index in [4.69, 9.17) is 0 Å². The standard InChI is InChI=1S/C15H9N3OS/c16-9-12-11(14-2-1-7-20-14)8-13(18-15(12)19)10-3-5-17-6-4-10/h1-8H,(H,18,19).